The van der Waals surface area contributed by atoms with Crippen LogP contribution in [0.5, 0.6) is 0 Å². The normalized spacial score (nSPS) is 18.7. The molecular weight excluding hydrogens is 258 g/mol. The second kappa shape index (κ2) is 4.41. The van der Waals surface area contributed by atoms with Gasteiger partial charge in [0.25, 0.3) is 5.91 Å². The van der Waals surface area contributed by atoms with Crippen molar-refractivity contribution in [2.24, 2.45) is 0 Å². The van der Waals surface area contributed by atoms with Crippen LogP contribution < -0.4 is 5.32 Å². The third-order valence-electron chi connectivity index (χ3n) is 3.90. The number of amides is 1. The van der Waals surface area contributed by atoms with E-state index in [9.17, 15) is 4.79 Å². The number of aromatic nitrogens is 5. The summed E-state index contributed by atoms with van der Waals surface area (Å²) in [7, 11) is 0. The molecular formula is C12H15N7O. The van der Waals surface area contributed by atoms with Gasteiger partial charge in [0.05, 0.1) is 18.8 Å². The first kappa shape index (κ1) is 11.6. The Morgan fingerprint density at radius 1 is 1.35 bits per heavy atom. The molecule has 0 radical (unpaired) electrons. The third-order valence-corrected chi connectivity index (χ3v) is 3.90. The highest BCUT2D eigenvalue weighted by Gasteiger charge is 2.26. The van der Waals surface area contributed by atoms with E-state index in [0.717, 1.165) is 25.5 Å². The molecule has 2 aromatic heterocycles. The van der Waals surface area contributed by atoms with E-state index in [2.05, 4.69) is 25.2 Å². The van der Waals surface area contributed by atoms with Gasteiger partial charge in [0.1, 0.15) is 5.82 Å². The maximum absolute atomic E-state index is 12.4. The molecule has 4 heterocycles. The van der Waals surface area contributed by atoms with Gasteiger partial charge in [-0.2, -0.15) is 0 Å². The van der Waals surface area contributed by atoms with Crippen molar-refractivity contribution in [3.63, 3.8) is 0 Å². The highest BCUT2D eigenvalue weighted by Crippen LogP contribution is 2.14. The number of imidazole rings is 1. The van der Waals surface area contributed by atoms with Gasteiger partial charge in [-0.15, -0.1) is 5.10 Å². The summed E-state index contributed by atoms with van der Waals surface area (Å²) in [4.78, 5) is 18.5. The standard InChI is InChI=1S/C12H15N7O/c20-12(10-7-19(16-15-10)9-5-13-6-9)18-4-3-17-2-1-14-11(17)8-18/h1-2,7,9,13H,3-6,8H2. The van der Waals surface area contributed by atoms with Crippen molar-refractivity contribution in [2.75, 3.05) is 19.6 Å². The second-order valence-corrected chi connectivity index (χ2v) is 5.16. The van der Waals surface area contributed by atoms with Crippen molar-refractivity contribution in [3.8, 4) is 0 Å². The van der Waals surface area contributed by atoms with Crippen LogP contribution in [0.3, 0.4) is 0 Å². The zero-order valence-electron chi connectivity index (χ0n) is 10.9. The van der Waals surface area contributed by atoms with Gasteiger partial charge in [-0.05, 0) is 0 Å². The van der Waals surface area contributed by atoms with Crippen LogP contribution in [-0.4, -0.2) is 55.0 Å². The fraction of sp³-hybridized carbons (Fsp3) is 0.500. The van der Waals surface area contributed by atoms with E-state index in [-0.39, 0.29) is 5.91 Å². The Bertz CT molecular complexity index is 642. The number of nitrogens with zero attached hydrogens (tertiary/aromatic N) is 6. The molecule has 1 N–H and O–H groups in total. The predicted molar refractivity (Wildman–Crippen MR) is 68.9 cm³/mol. The largest absolute Gasteiger partial charge is 0.332 e. The molecule has 8 nitrogen and oxygen atoms in total. The van der Waals surface area contributed by atoms with E-state index in [1.165, 1.54) is 0 Å². The first-order chi connectivity index (χ1) is 9.81. The Hall–Kier alpha value is -2.22. The molecule has 0 unspecified atom stereocenters. The van der Waals surface area contributed by atoms with Gasteiger partial charge in [0.15, 0.2) is 5.69 Å². The lowest BCUT2D eigenvalue weighted by atomic mass is 10.2. The monoisotopic (exact) mass is 273 g/mol. The summed E-state index contributed by atoms with van der Waals surface area (Å²) >= 11 is 0. The molecule has 0 aliphatic carbocycles. The van der Waals surface area contributed by atoms with Crippen LogP contribution in [0, 0.1) is 0 Å². The third kappa shape index (κ3) is 1.80. The summed E-state index contributed by atoms with van der Waals surface area (Å²) in [5.74, 6) is 0.845. The summed E-state index contributed by atoms with van der Waals surface area (Å²) in [5, 5.41) is 11.2. The van der Waals surface area contributed by atoms with Gasteiger partial charge in [-0.25, -0.2) is 9.67 Å². The molecule has 1 fully saturated rings. The van der Waals surface area contributed by atoms with Crippen molar-refractivity contribution < 1.29 is 4.79 Å². The molecule has 2 aliphatic heterocycles. The fourth-order valence-electron chi connectivity index (χ4n) is 2.52. The number of hydrogen-bond acceptors (Lipinski definition) is 5. The number of hydrogen-bond donors (Lipinski definition) is 1. The molecule has 4 rings (SSSR count). The molecule has 2 aliphatic rings. The Balaban J connectivity index is 1.51. The molecule has 0 bridgehead atoms. The highest BCUT2D eigenvalue weighted by molar-refractivity contribution is 5.91. The number of rotatable bonds is 2. The first-order valence-electron chi connectivity index (χ1n) is 6.73. The van der Waals surface area contributed by atoms with Crippen LogP contribution in [0.15, 0.2) is 18.6 Å². The van der Waals surface area contributed by atoms with Crippen molar-refractivity contribution >= 4 is 5.91 Å². The molecule has 1 saturated heterocycles. The van der Waals surface area contributed by atoms with E-state index in [1.807, 2.05) is 6.20 Å². The summed E-state index contributed by atoms with van der Waals surface area (Å²) in [5.41, 5.74) is 0.414. The quantitative estimate of drug-likeness (QED) is 0.780. The number of carbonyl (C=O) groups is 1. The second-order valence-electron chi connectivity index (χ2n) is 5.16. The van der Waals surface area contributed by atoms with E-state index in [1.54, 1.807) is 22.0 Å². The maximum Gasteiger partial charge on any atom is 0.276 e. The van der Waals surface area contributed by atoms with Crippen LogP contribution in [0.25, 0.3) is 0 Å². The lowest BCUT2D eigenvalue weighted by Crippen LogP contribution is -2.43. The van der Waals surface area contributed by atoms with Gasteiger partial charge < -0.3 is 14.8 Å². The Morgan fingerprint density at radius 2 is 2.25 bits per heavy atom. The molecule has 0 aromatic carbocycles. The molecule has 0 spiro atoms. The van der Waals surface area contributed by atoms with E-state index in [0.29, 0.717) is 24.8 Å². The van der Waals surface area contributed by atoms with Crippen molar-refractivity contribution in [3.05, 3.63) is 30.1 Å². The Morgan fingerprint density at radius 3 is 3.05 bits per heavy atom. The fourth-order valence-corrected chi connectivity index (χ4v) is 2.52. The smallest absolute Gasteiger partial charge is 0.276 e. The molecule has 0 saturated carbocycles. The number of carbonyl (C=O) groups excluding carboxylic acids is 1. The van der Waals surface area contributed by atoms with E-state index >= 15 is 0 Å². The zero-order valence-corrected chi connectivity index (χ0v) is 10.9. The van der Waals surface area contributed by atoms with E-state index in [4.69, 9.17) is 0 Å². The number of fused-ring (bicyclic) bond motifs is 1. The number of nitrogens with one attached hydrogen (secondary N) is 1. The zero-order chi connectivity index (χ0) is 13.5. The van der Waals surface area contributed by atoms with Crippen LogP contribution >= 0.6 is 0 Å². The van der Waals surface area contributed by atoms with Crippen molar-refractivity contribution in [1.82, 2.24) is 34.8 Å². The van der Waals surface area contributed by atoms with Crippen LogP contribution in [0.2, 0.25) is 0 Å². The Labute approximate surface area is 115 Å². The van der Waals surface area contributed by atoms with Crippen LogP contribution in [0.4, 0.5) is 0 Å². The maximum atomic E-state index is 12.4. The SMILES string of the molecule is O=C(c1cn(C2CNC2)nn1)N1CCn2ccnc2C1. The minimum atomic E-state index is -0.0715. The molecule has 20 heavy (non-hydrogen) atoms. The lowest BCUT2D eigenvalue weighted by molar-refractivity contribution is 0.0701. The minimum Gasteiger partial charge on any atom is -0.332 e. The molecule has 2 aromatic rings. The molecule has 1 amide bonds. The highest BCUT2D eigenvalue weighted by atomic mass is 16.2. The summed E-state index contributed by atoms with van der Waals surface area (Å²) in [6.07, 6.45) is 5.45. The lowest BCUT2D eigenvalue weighted by Gasteiger charge is -2.27. The summed E-state index contributed by atoms with van der Waals surface area (Å²) < 4.78 is 3.84. The Kier molecular flexibility index (Phi) is 2.56. The van der Waals surface area contributed by atoms with Gasteiger partial charge in [-0.1, -0.05) is 5.21 Å². The van der Waals surface area contributed by atoms with Gasteiger partial charge >= 0.3 is 0 Å². The average Bonchev–Trinajstić information content (AvgIpc) is 3.03. The molecule has 8 heteroatoms. The summed E-state index contributed by atoms with van der Waals surface area (Å²) in [6.45, 7) is 3.77. The summed E-state index contributed by atoms with van der Waals surface area (Å²) in [6, 6.07) is 0.323. The molecule has 0 atom stereocenters. The minimum absolute atomic E-state index is 0.0715. The topological polar surface area (TPSA) is 80.9 Å². The average molecular weight is 273 g/mol. The molecule has 104 valence electrons. The van der Waals surface area contributed by atoms with Gasteiger partial charge in [-0.3, -0.25) is 4.79 Å². The van der Waals surface area contributed by atoms with E-state index < -0.39 is 0 Å². The van der Waals surface area contributed by atoms with Gasteiger partial charge in [0, 0.05) is 38.6 Å². The predicted octanol–water partition coefficient (Wildman–Crippen LogP) is -0.725. The van der Waals surface area contributed by atoms with Crippen LogP contribution in [0.1, 0.15) is 22.4 Å². The first-order valence-corrected chi connectivity index (χ1v) is 6.73. The van der Waals surface area contributed by atoms with Crippen LogP contribution in [-0.2, 0) is 13.1 Å². The van der Waals surface area contributed by atoms with Crippen molar-refractivity contribution in [1.29, 1.82) is 0 Å². The van der Waals surface area contributed by atoms with Crippen molar-refractivity contribution in [2.45, 2.75) is 19.1 Å². The van der Waals surface area contributed by atoms with Gasteiger partial charge in [0.2, 0.25) is 0 Å².